The first-order chi connectivity index (χ1) is 13.9. The summed E-state index contributed by atoms with van der Waals surface area (Å²) in [6.07, 6.45) is 11.5. The molecule has 3 heterocycles. The van der Waals surface area contributed by atoms with E-state index < -0.39 is 0 Å². The van der Waals surface area contributed by atoms with Crippen LogP contribution in [0.1, 0.15) is 36.5 Å². The first kappa shape index (κ1) is 16.9. The van der Waals surface area contributed by atoms with Crippen molar-refractivity contribution in [2.24, 2.45) is 0 Å². The zero-order valence-corrected chi connectivity index (χ0v) is 15.6. The van der Waals surface area contributed by atoms with Gasteiger partial charge in [0.1, 0.15) is 5.82 Å². The van der Waals surface area contributed by atoms with Crippen LogP contribution in [-0.2, 0) is 18.4 Å². The first-order valence-corrected chi connectivity index (χ1v) is 9.74. The van der Waals surface area contributed by atoms with Gasteiger partial charge in [-0.05, 0) is 37.0 Å². The molecule has 0 atom stereocenters. The minimum atomic E-state index is -0.0413. The Morgan fingerprint density at radius 2 is 1.82 bits per heavy atom. The van der Waals surface area contributed by atoms with Crippen LogP contribution >= 0.6 is 0 Å². The van der Waals surface area contributed by atoms with Crippen LogP contribution in [0.15, 0.2) is 73.4 Å². The van der Waals surface area contributed by atoms with Crippen LogP contribution in [0.2, 0.25) is 0 Å². The minimum Gasteiger partial charge on any atom is -0.337 e. The summed E-state index contributed by atoms with van der Waals surface area (Å²) in [4.78, 5) is 13.6. The highest BCUT2D eigenvalue weighted by Crippen LogP contribution is 2.52. The van der Waals surface area contributed by atoms with E-state index in [9.17, 15) is 0 Å². The fraction of sp³-hybridized carbons (Fsp3) is 0.273. The quantitative estimate of drug-likeness (QED) is 0.499. The Morgan fingerprint density at radius 1 is 0.964 bits per heavy atom. The molecule has 6 heteroatoms. The normalized spacial score (nSPS) is 14.9. The summed E-state index contributed by atoms with van der Waals surface area (Å²) >= 11 is 0. The Bertz CT molecular complexity index is 1030. The summed E-state index contributed by atoms with van der Waals surface area (Å²) in [5.74, 6) is 2.71. The van der Waals surface area contributed by atoms with Crippen molar-refractivity contribution in [2.75, 3.05) is 0 Å². The fourth-order valence-corrected chi connectivity index (χ4v) is 3.73. The number of benzene rings is 1. The van der Waals surface area contributed by atoms with Crippen molar-refractivity contribution in [3.8, 4) is 5.82 Å². The number of aryl methyl sites for hydroxylation is 2. The van der Waals surface area contributed by atoms with E-state index in [0.29, 0.717) is 0 Å². The highest BCUT2D eigenvalue weighted by Gasteiger charge is 2.49. The summed E-state index contributed by atoms with van der Waals surface area (Å²) in [5, 5.41) is 4.93. The number of imidazole rings is 1. The molecule has 1 fully saturated rings. The predicted molar refractivity (Wildman–Crippen MR) is 106 cm³/mol. The van der Waals surface area contributed by atoms with Gasteiger partial charge in [0.15, 0.2) is 11.6 Å². The van der Waals surface area contributed by atoms with E-state index in [4.69, 9.17) is 10.1 Å². The van der Waals surface area contributed by atoms with Crippen LogP contribution in [0, 0.1) is 0 Å². The smallest absolute Gasteiger partial charge is 0.161 e. The molecule has 1 aliphatic rings. The highest BCUT2D eigenvalue weighted by atomic mass is 15.4. The second-order valence-electron chi connectivity index (χ2n) is 7.30. The lowest BCUT2D eigenvalue weighted by Crippen LogP contribution is -2.11. The van der Waals surface area contributed by atoms with Crippen LogP contribution in [0.3, 0.4) is 0 Å². The molecule has 0 saturated heterocycles. The van der Waals surface area contributed by atoms with Crippen molar-refractivity contribution in [1.82, 2.24) is 29.3 Å². The Kier molecular flexibility index (Phi) is 4.24. The zero-order valence-electron chi connectivity index (χ0n) is 15.6. The van der Waals surface area contributed by atoms with Gasteiger partial charge in [-0.1, -0.05) is 36.4 Å². The Hall–Kier alpha value is -3.28. The Labute approximate surface area is 163 Å². The average molecular weight is 370 g/mol. The van der Waals surface area contributed by atoms with E-state index in [-0.39, 0.29) is 5.41 Å². The second kappa shape index (κ2) is 7.03. The van der Waals surface area contributed by atoms with E-state index in [1.165, 1.54) is 5.56 Å². The first-order valence-electron chi connectivity index (χ1n) is 9.74. The standard InChI is InChI=1S/C22H22N6/c1-2-7-18(8-3-1)22(11-12-22)21-25-20(10-6-15-27-16-14-23-17-27)28(26-21)19-9-4-5-13-24-19/h1-5,7-9,13-14,16-17H,6,10-12,15H2. The van der Waals surface area contributed by atoms with Crippen LogP contribution in [0.5, 0.6) is 0 Å². The predicted octanol–water partition coefficient (Wildman–Crippen LogP) is 3.57. The molecular weight excluding hydrogens is 348 g/mol. The third kappa shape index (κ3) is 3.11. The van der Waals surface area contributed by atoms with Crippen LogP contribution in [-0.4, -0.2) is 29.3 Å². The number of hydrogen-bond acceptors (Lipinski definition) is 4. The lowest BCUT2D eigenvalue weighted by molar-refractivity contribution is 0.616. The van der Waals surface area contributed by atoms with E-state index in [2.05, 4.69) is 44.9 Å². The second-order valence-corrected chi connectivity index (χ2v) is 7.30. The number of aromatic nitrogens is 6. The number of hydrogen-bond donors (Lipinski definition) is 0. The summed E-state index contributed by atoms with van der Waals surface area (Å²) in [6, 6.07) is 16.5. The molecule has 1 saturated carbocycles. The molecule has 0 radical (unpaired) electrons. The third-order valence-electron chi connectivity index (χ3n) is 5.42. The molecule has 0 bridgehead atoms. The van der Waals surface area contributed by atoms with Crippen molar-refractivity contribution in [3.05, 3.63) is 90.7 Å². The number of rotatable bonds is 7. The van der Waals surface area contributed by atoms with Crippen molar-refractivity contribution < 1.29 is 0 Å². The van der Waals surface area contributed by atoms with E-state index in [1.807, 2.05) is 41.6 Å². The van der Waals surface area contributed by atoms with Gasteiger partial charge in [-0.3, -0.25) is 0 Å². The maximum atomic E-state index is 5.00. The molecular formula is C22H22N6. The van der Waals surface area contributed by atoms with Gasteiger partial charge in [0.2, 0.25) is 0 Å². The molecule has 1 aliphatic carbocycles. The number of nitrogens with zero attached hydrogens (tertiary/aromatic N) is 6. The average Bonchev–Trinajstić information content (AvgIpc) is 3.19. The van der Waals surface area contributed by atoms with Gasteiger partial charge in [-0.25, -0.2) is 15.0 Å². The Morgan fingerprint density at radius 3 is 2.54 bits per heavy atom. The molecule has 28 heavy (non-hydrogen) atoms. The molecule has 0 amide bonds. The zero-order chi connectivity index (χ0) is 18.8. The summed E-state index contributed by atoms with van der Waals surface area (Å²) in [6.45, 7) is 0.911. The highest BCUT2D eigenvalue weighted by molar-refractivity contribution is 5.39. The molecule has 140 valence electrons. The largest absolute Gasteiger partial charge is 0.337 e. The molecule has 4 aromatic rings. The molecule has 0 unspecified atom stereocenters. The van der Waals surface area contributed by atoms with Gasteiger partial charge < -0.3 is 4.57 Å². The lowest BCUT2D eigenvalue weighted by Gasteiger charge is -2.11. The minimum absolute atomic E-state index is 0.0413. The lowest BCUT2D eigenvalue weighted by atomic mass is 9.95. The van der Waals surface area contributed by atoms with Gasteiger partial charge in [0, 0.05) is 31.6 Å². The molecule has 0 spiro atoms. The molecule has 0 aliphatic heterocycles. The topological polar surface area (TPSA) is 61.4 Å². The van der Waals surface area contributed by atoms with E-state index >= 15 is 0 Å². The number of pyridine rings is 1. The van der Waals surface area contributed by atoms with Gasteiger partial charge in [-0.2, -0.15) is 4.68 Å². The van der Waals surface area contributed by atoms with Gasteiger partial charge >= 0.3 is 0 Å². The van der Waals surface area contributed by atoms with E-state index in [1.54, 1.807) is 6.20 Å². The van der Waals surface area contributed by atoms with Crippen LogP contribution in [0.4, 0.5) is 0 Å². The fourth-order valence-electron chi connectivity index (χ4n) is 3.73. The maximum absolute atomic E-state index is 5.00. The van der Waals surface area contributed by atoms with Gasteiger partial charge in [-0.15, -0.1) is 5.10 Å². The molecule has 3 aromatic heterocycles. The summed E-state index contributed by atoms with van der Waals surface area (Å²) in [5.41, 5.74) is 1.26. The van der Waals surface area contributed by atoms with E-state index in [0.717, 1.165) is 49.7 Å². The van der Waals surface area contributed by atoms with Crippen molar-refractivity contribution in [3.63, 3.8) is 0 Å². The van der Waals surface area contributed by atoms with Crippen LogP contribution < -0.4 is 0 Å². The Balaban J connectivity index is 1.47. The molecule has 1 aromatic carbocycles. The monoisotopic (exact) mass is 370 g/mol. The molecule has 0 N–H and O–H groups in total. The van der Waals surface area contributed by atoms with Gasteiger partial charge in [0.25, 0.3) is 0 Å². The molecule has 5 rings (SSSR count). The van der Waals surface area contributed by atoms with Crippen molar-refractivity contribution in [1.29, 1.82) is 0 Å². The molecule has 6 nitrogen and oxygen atoms in total. The maximum Gasteiger partial charge on any atom is 0.161 e. The summed E-state index contributed by atoms with van der Waals surface area (Å²) < 4.78 is 4.01. The van der Waals surface area contributed by atoms with Crippen LogP contribution in [0.25, 0.3) is 5.82 Å². The van der Waals surface area contributed by atoms with Gasteiger partial charge in [0.05, 0.1) is 11.7 Å². The third-order valence-corrected chi connectivity index (χ3v) is 5.42. The SMILES string of the molecule is c1ccc(C2(c3nc(CCCn4ccnc4)n(-c4ccccn4)n3)CC2)cc1. The van der Waals surface area contributed by atoms with Crippen molar-refractivity contribution >= 4 is 0 Å². The van der Waals surface area contributed by atoms with Crippen molar-refractivity contribution in [2.45, 2.75) is 37.6 Å². The summed E-state index contributed by atoms with van der Waals surface area (Å²) in [7, 11) is 0.